The summed E-state index contributed by atoms with van der Waals surface area (Å²) in [6.07, 6.45) is 5.24. The maximum atomic E-state index is 3.29. The Balaban J connectivity index is 0.000000605. The molecule has 0 nitrogen and oxygen atoms in total. The summed E-state index contributed by atoms with van der Waals surface area (Å²) in [5, 5.41) is 0. The molecule has 0 radical (unpaired) electrons. The van der Waals surface area contributed by atoms with Gasteiger partial charge in [0.05, 0.1) is 0 Å². The molecule has 1 aliphatic carbocycles. The third-order valence-electron chi connectivity index (χ3n) is 2.16. The smallest absolute Gasteiger partial charge is 0.358 e. The topological polar surface area (TPSA) is 0 Å². The molecule has 0 atom stereocenters. The maximum absolute atomic E-state index is 3.29. The standard InChI is InChI=1S/C10H11.CH3.Zn/c1-2-6-10-8-4-3-7-9(10)5-1;;/h1-2,5H,3-4,7-8H2;1H3;/q2*-1;+2. The summed E-state index contributed by atoms with van der Waals surface area (Å²) in [6.45, 7) is 0. The molecule has 0 amide bonds. The Hall–Kier alpha value is -0.157. The second-order valence-corrected chi connectivity index (χ2v) is 2.88. The van der Waals surface area contributed by atoms with Gasteiger partial charge in [0.15, 0.2) is 0 Å². The van der Waals surface area contributed by atoms with Crippen LogP contribution in [-0.2, 0) is 32.3 Å². The minimum absolute atomic E-state index is 0. The van der Waals surface area contributed by atoms with Crippen molar-refractivity contribution in [2.75, 3.05) is 0 Å². The van der Waals surface area contributed by atoms with E-state index in [-0.39, 0.29) is 26.9 Å². The van der Waals surface area contributed by atoms with E-state index in [2.05, 4.69) is 18.2 Å². The van der Waals surface area contributed by atoms with Gasteiger partial charge in [0.1, 0.15) is 0 Å². The van der Waals surface area contributed by atoms with Crippen molar-refractivity contribution in [3.05, 3.63) is 42.8 Å². The predicted octanol–water partition coefficient (Wildman–Crippen LogP) is 2.81. The van der Waals surface area contributed by atoms with E-state index in [0.717, 1.165) is 0 Å². The average molecular weight is 212 g/mol. The number of fused-ring (bicyclic) bond motifs is 1. The normalized spacial score (nSPS) is 13.7. The largest absolute Gasteiger partial charge is 2.00 e. The molecule has 0 N–H and O–H groups in total. The van der Waals surface area contributed by atoms with Crippen LogP contribution in [0.1, 0.15) is 24.0 Å². The first kappa shape index (κ1) is 11.8. The molecular formula is C11H14Zn. The van der Waals surface area contributed by atoms with Crippen LogP contribution in [0.25, 0.3) is 0 Å². The van der Waals surface area contributed by atoms with Gasteiger partial charge in [0.2, 0.25) is 0 Å². The molecule has 0 aromatic heterocycles. The SMILES string of the molecule is [CH3-].[Zn+2].[c-]1cccc2c1CCCC2. The number of benzene rings is 1. The van der Waals surface area contributed by atoms with E-state index >= 15 is 0 Å². The monoisotopic (exact) mass is 210 g/mol. The van der Waals surface area contributed by atoms with E-state index in [1.807, 2.05) is 6.07 Å². The van der Waals surface area contributed by atoms with Crippen molar-refractivity contribution < 1.29 is 19.5 Å². The van der Waals surface area contributed by atoms with Crippen LogP contribution in [0, 0.1) is 13.5 Å². The fraction of sp³-hybridized carbons (Fsp3) is 0.364. The Kier molecular flexibility index (Phi) is 5.41. The van der Waals surface area contributed by atoms with E-state index in [9.17, 15) is 0 Å². The minimum atomic E-state index is 0. The second-order valence-electron chi connectivity index (χ2n) is 2.88. The number of hydrogen-bond acceptors (Lipinski definition) is 0. The zero-order valence-electron chi connectivity index (χ0n) is 7.77. The van der Waals surface area contributed by atoms with E-state index in [4.69, 9.17) is 0 Å². The van der Waals surface area contributed by atoms with E-state index in [1.54, 1.807) is 0 Å². The van der Waals surface area contributed by atoms with Crippen LogP contribution in [0.15, 0.2) is 18.2 Å². The van der Waals surface area contributed by atoms with Gasteiger partial charge < -0.3 is 7.43 Å². The maximum Gasteiger partial charge on any atom is 2.00 e. The third kappa shape index (κ3) is 2.42. The van der Waals surface area contributed by atoms with Crippen LogP contribution < -0.4 is 0 Å². The summed E-state index contributed by atoms with van der Waals surface area (Å²) in [7, 11) is 0. The van der Waals surface area contributed by atoms with Gasteiger partial charge in [-0.05, 0) is 0 Å². The van der Waals surface area contributed by atoms with E-state index in [0.29, 0.717) is 0 Å². The first-order valence-electron chi connectivity index (χ1n) is 3.95. The average Bonchev–Trinajstić information content (AvgIpc) is 2.05. The molecule has 0 spiro atoms. The minimum Gasteiger partial charge on any atom is -0.358 e. The zero-order chi connectivity index (χ0) is 6.81. The molecule has 60 valence electrons. The van der Waals surface area contributed by atoms with Crippen molar-refractivity contribution in [1.82, 2.24) is 0 Å². The Labute approximate surface area is 88.1 Å². The van der Waals surface area contributed by atoms with Gasteiger partial charge in [0, 0.05) is 0 Å². The van der Waals surface area contributed by atoms with E-state index in [1.165, 1.54) is 36.8 Å². The number of hydrogen-bond donors (Lipinski definition) is 0. The molecule has 0 saturated heterocycles. The van der Waals surface area contributed by atoms with Crippen molar-refractivity contribution in [1.29, 1.82) is 0 Å². The Morgan fingerprint density at radius 1 is 1.17 bits per heavy atom. The Bertz CT molecular complexity index is 205. The zero-order valence-corrected chi connectivity index (χ0v) is 10.7. The molecule has 0 bridgehead atoms. The molecule has 1 aromatic carbocycles. The van der Waals surface area contributed by atoms with Crippen molar-refractivity contribution in [2.24, 2.45) is 0 Å². The number of rotatable bonds is 0. The van der Waals surface area contributed by atoms with Crippen molar-refractivity contribution in [2.45, 2.75) is 25.7 Å². The summed E-state index contributed by atoms with van der Waals surface area (Å²) in [6, 6.07) is 9.62. The van der Waals surface area contributed by atoms with Gasteiger partial charge in [-0.25, -0.2) is 0 Å². The molecule has 0 fully saturated rings. The summed E-state index contributed by atoms with van der Waals surface area (Å²) < 4.78 is 0. The summed E-state index contributed by atoms with van der Waals surface area (Å²) in [4.78, 5) is 0. The summed E-state index contributed by atoms with van der Waals surface area (Å²) >= 11 is 0. The molecule has 0 heterocycles. The van der Waals surface area contributed by atoms with E-state index < -0.39 is 0 Å². The molecule has 1 aliphatic rings. The summed E-state index contributed by atoms with van der Waals surface area (Å²) in [5.74, 6) is 0. The Morgan fingerprint density at radius 2 is 1.92 bits per heavy atom. The first-order valence-corrected chi connectivity index (χ1v) is 3.95. The van der Waals surface area contributed by atoms with Crippen molar-refractivity contribution in [3.8, 4) is 0 Å². The van der Waals surface area contributed by atoms with Gasteiger partial charge in [-0.15, -0.1) is 0 Å². The Morgan fingerprint density at radius 3 is 2.67 bits per heavy atom. The number of aryl methyl sites for hydroxylation is 2. The van der Waals surface area contributed by atoms with Gasteiger partial charge in [-0.3, -0.25) is 0 Å². The van der Waals surface area contributed by atoms with Crippen LogP contribution in [0.2, 0.25) is 0 Å². The fourth-order valence-electron chi connectivity index (χ4n) is 1.59. The van der Waals surface area contributed by atoms with Crippen LogP contribution in [0.3, 0.4) is 0 Å². The van der Waals surface area contributed by atoms with Crippen LogP contribution in [0.4, 0.5) is 0 Å². The molecule has 12 heavy (non-hydrogen) atoms. The predicted molar refractivity (Wildman–Crippen MR) is 48.3 cm³/mol. The molecule has 0 aliphatic heterocycles. The molecule has 0 saturated carbocycles. The molecule has 2 rings (SSSR count). The van der Waals surface area contributed by atoms with Gasteiger partial charge in [-0.1, -0.05) is 25.7 Å². The molecule has 1 aromatic rings. The summed E-state index contributed by atoms with van der Waals surface area (Å²) in [5.41, 5.74) is 2.97. The quantitative estimate of drug-likeness (QED) is 0.457. The van der Waals surface area contributed by atoms with Crippen molar-refractivity contribution in [3.63, 3.8) is 0 Å². The van der Waals surface area contributed by atoms with Crippen molar-refractivity contribution >= 4 is 0 Å². The first-order chi connectivity index (χ1) is 4.97. The van der Waals surface area contributed by atoms with Gasteiger partial charge in [-0.2, -0.15) is 35.4 Å². The molecule has 0 unspecified atom stereocenters. The van der Waals surface area contributed by atoms with Crippen LogP contribution in [-0.4, -0.2) is 0 Å². The third-order valence-corrected chi connectivity index (χ3v) is 2.16. The van der Waals surface area contributed by atoms with Crippen LogP contribution in [0.5, 0.6) is 0 Å². The molecule has 1 heteroatoms. The fourth-order valence-corrected chi connectivity index (χ4v) is 1.59. The van der Waals surface area contributed by atoms with Gasteiger partial charge in [0.25, 0.3) is 0 Å². The second kappa shape index (κ2) is 5.48. The van der Waals surface area contributed by atoms with Crippen LogP contribution >= 0.6 is 0 Å². The molecular weight excluding hydrogens is 198 g/mol. The van der Waals surface area contributed by atoms with Gasteiger partial charge >= 0.3 is 19.5 Å².